The van der Waals surface area contributed by atoms with E-state index in [1.807, 2.05) is 0 Å². The van der Waals surface area contributed by atoms with Gasteiger partial charge in [0.25, 0.3) is 0 Å². The van der Waals surface area contributed by atoms with Crippen molar-refractivity contribution in [1.29, 1.82) is 0 Å². The molecule has 1 N–H and O–H groups in total. The third kappa shape index (κ3) is 46.6. The van der Waals surface area contributed by atoms with E-state index in [-0.39, 0.29) is 0 Å². The average Bonchev–Trinajstić information content (AvgIpc) is 2.85. The Morgan fingerprint density at radius 3 is 0.976 bits per heavy atom. The minimum atomic E-state index is 0.335. The fourth-order valence-electron chi connectivity index (χ4n) is 3.18. The smallest absolute Gasteiger partial charge is 0.0701 e. The van der Waals surface area contributed by atoms with Gasteiger partial charge in [0, 0.05) is 32.4 Å². The van der Waals surface area contributed by atoms with E-state index in [1.54, 1.807) is 0 Å². The van der Waals surface area contributed by atoms with Gasteiger partial charge in [0.2, 0.25) is 0 Å². The summed E-state index contributed by atoms with van der Waals surface area (Å²) in [6.07, 6.45) is 4.49. The number of ether oxygens (including phenoxy) is 7. The van der Waals surface area contributed by atoms with Gasteiger partial charge in [-0.2, -0.15) is 0 Å². The van der Waals surface area contributed by atoms with Crippen molar-refractivity contribution >= 4 is 0 Å². The van der Waals surface area contributed by atoms with Crippen LogP contribution in [0.3, 0.4) is 0 Å². The van der Waals surface area contributed by atoms with Crippen LogP contribution >= 0.6 is 0 Å². The molecule has 0 aromatic heterocycles. The van der Waals surface area contributed by atoms with Crippen LogP contribution in [0.4, 0.5) is 0 Å². The van der Waals surface area contributed by atoms with Crippen LogP contribution in [0.5, 0.6) is 0 Å². The Balaban J connectivity index is 0. The van der Waals surface area contributed by atoms with Crippen molar-refractivity contribution in [3.63, 3.8) is 0 Å². The maximum atomic E-state index is 5.54. The van der Waals surface area contributed by atoms with E-state index in [0.29, 0.717) is 88.4 Å². The molecule has 0 aromatic rings. The molecule has 0 aliphatic heterocycles. The molecule has 0 unspecified atom stereocenters. The van der Waals surface area contributed by atoms with E-state index >= 15 is 0 Å². The highest BCUT2D eigenvalue weighted by atomic mass is 16.6. The summed E-state index contributed by atoms with van der Waals surface area (Å²) in [5.41, 5.74) is 1.09. The molecule has 0 fully saturated rings. The van der Waals surface area contributed by atoms with E-state index in [1.165, 1.54) is 6.42 Å². The second kappa shape index (κ2) is 28.2. The van der Waals surface area contributed by atoms with Crippen molar-refractivity contribution in [2.75, 3.05) is 99.0 Å². The van der Waals surface area contributed by atoms with Crippen LogP contribution in [0.2, 0.25) is 0 Å². The molecule has 8 nitrogen and oxygen atoms in total. The van der Waals surface area contributed by atoms with E-state index in [2.05, 4.69) is 81.5 Å². The zero-order valence-corrected chi connectivity index (χ0v) is 29.9. The maximum Gasteiger partial charge on any atom is 0.0701 e. The second-order valence-corrected chi connectivity index (χ2v) is 14.7. The van der Waals surface area contributed by atoms with Crippen LogP contribution in [0.1, 0.15) is 102 Å². The predicted octanol–water partition coefficient (Wildman–Crippen LogP) is 6.79. The highest BCUT2D eigenvalue weighted by molar-refractivity contribution is 4.61. The predicted molar refractivity (Wildman–Crippen MR) is 176 cm³/mol. The summed E-state index contributed by atoms with van der Waals surface area (Å²) >= 11 is 0. The van der Waals surface area contributed by atoms with Gasteiger partial charge < -0.3 is 38.5 Å². The molecule has 0 radical (unpaired) electrons. The standard InChI is InChI=1S/C17H37NO4.C17H36O3/c1-16(2)18-7-9-20-11-13-22-15-14-21-12-10-19-8-6-17(3,4)5;1-16(2,3)8-7-10-18-12-14-20-15-13-19-11-9-17(4,5)6/h16,18H,6-15H2,1-5H3;7-15H2,1-6H3. The average molecular weight is 608 g/mol. The van der Waals surface area contributed by atoms with Crippen LogP contribution in [-0.4, -0.2) is 105 Å². The number of rotatable bonds is 26. The summed E-state index contributed by atoms with van der Waals surface area (Å²) in [5, 5.41) is 3.30. The van der Waals surface area contributed by atoms with Gasteiger partial charge in [-0.05, 0) is 41.9 Å². The molecule has 0 saturated carbocycles. The molecule has 8 heteroatoms. The van der Waals surface area contributed by atoms with Crippen molar-refractivity contribution < 1.29 is 33.2 Å². The minimum absolute atomic E-state index is 0.335. The first-order chi connectivity index (χ1) is 19.6. The SMILES string of the molecule is CC(C)(C)CCCOCCOCCOCCC(C)(C)C.CC(C)NCCOCCOCCOCCOCCC(C)(C)C. The molecule has 0 aromatic carbocycles. The summed E-state index contributed by atoms with van der Waals surface area (Å²) in [6.45, 7) is 34.9. The summed E-state index contributed by atoms with van der Waals surface area (Å²) in [6, 6.07) is 0.509. The molecule has 0 aliphatic rings. The molecule has 0 amide bonds. The van der Waals surface area contributed by atoms with Gasteiger partial charge >= 0.3 is 0 Å². The van der Waals surface area contributed by atoms with Crippen LogP contribution in [0.25, 0.3) is 0 Å². The molecular formula is C34H73NO7. The summed E-state index contributed by atoms with van der Waals surface area (Å²) < 4.78 is 38.3. The molecular weight excluding hydrogens is 534 g/mol. The summed E-state index contributed by atoms with van der Waals surface area (Å²) in [7, 11) is 0. The first-order valence-electron chi connectivity index (χ1n) is 16.4. The molecule has 0 bridgehead atoms. The van der Waals surface area contributed by atoms with E-state index in [0.717, 1.165) is 52.2 Å². The molecule has 0 rings (SSSR count). The van der Waals surface area contributed by atoms with Crippen LogP contribution in [-0.2, 0) is 33.2 Å². The van der Waals surface area contributed by atoms with Gasteiger partial charge in [-0.25, -0.2) is 0 Å². The molecule has 42 heavy (non-hydrogen) atoms. The van der Waals surface area contributed by atoms with E-state index in [4.69, 9.17) is 33.2 Å². The third-order valence-corrected chi connectivity index (χ3v) is 5.87. The second-order valence-electron chi connectivity index (χ2n) is 14.7. The zero-order chi connectivity index (χ0) is 32.2. The highest BCUT2D eigenvalue weighted by Crippen LogP contribution is 2.20. The Kier molecular flexibility index (Phi) is 29.4. The van der Waals surface area contributed by atoms with Gasteiger partial charge in [0.05, 0.1) is 72.7 Å². The van der Waals surface area contributed by atoms with Crippen LogP contribution < -0.4 is 5.32 Å². The first-order valence-corrected chi connectivity index (χ1v) is 16.4. The van der Waals surface area contributed by atoms with E-state index in [9.17, 15) is 0 Å². The Labute approximate surface area is 261 Å². The zero-order valence-electron chi connectivity index (χ0n) is 29.9. The number of hydrogen-bond acceptors (Lipinski definition) is 8. The molecule has 0 atom stereocenters. The Hall–Kier alpha value is -0.320. The lowest BCUT2D eigenvalue weighted by Gasteiger charge is -2.17. The molecule has 0 saturated heterocycles. The van der Waals surface area contributed by atoms with Crippen LogP contribution in [0.15, 0.2) is 0 Å². The van der Waals surface area contributed by atoms with Gasteiger partial charge in [-0.1, -0.05) is 76.2 Å². The quantitative estimate of drug-likeness (QED) is 0.108. The monoisotopic (exact) mass is 608 g/mol. The fourth-order valence-corrected chi connectivity index (χ4v) is 3.18. The number of hydrogen-bond donors (Lipinski definition) is 1. The van der Waals surface area contributed by atoms with Gasteiger partial charge in [-0.15, -0.1) is 0 Å². The van der Waals surface area contributed by atoms with E-state index < -0.39 is 0 Å². The topological polar surface area (TPSA) is 76.6 Å². The van der Waals surface area contributed by atoms with Crippen molar-refractivity contribution in [2.45, 2.75) is 108 Å². The van der Waals surface area contributed by atoms with Crippen molar-refractivity contribution in [2.24, 2.45) is 16.2 Å². The maximum absolute atomic E-state index is 5.54. The lowest BCUT2D eigenvalue weighted by molar-refractivity contribution is -0.00379. The lowest BCUT2D eigenvalue weighted by Crippen LogP contribution is -2.27. The largest absolute Gasteiger partial charge is 0.379 e. The molecule has 0 aliphatic carbocycles. The van der Waals surface area contributed by atoms with Crippen molar-refractivity contribution in [1.82, 2.24) is 5.32 Å². The third-order valence-electron chi connectivity index (χ3n) is 5.87. The van der Waals surface area contributed by atoms with Crippen molar-refractivity contribution in [3.05, 3.63) is 0 Å². The van der Waals surface area contributed by atoms with Crippen LogP contribution in [0, 0.1) is 16.2 Å². The molecule has 0 spiro atoms. The summed E-state index contributed by atoms with van der Waals surface area (Å²) in [4.78, 5) is 0. The molecule has 256 valence electrons. The van der Waals surface area contributed by atoms with Crippen molar-refractivity contribution in [3.8, 4) is 0 Å². The Bertz CT molecular complexity index is 515. The number of nitrogens with one attached hydrogen (secondary N) is 1. The normalized spacial score (nSPS) is 12.6. The fraction of sp³-hybridized carbons (Fsp3) is 1.00. The van der Waals surface area contributed by atoms with Gasteiger partial charge in [-0.3, -0.25) is 0 Å². The Morgan fingerprint density at radius 2 is 0.667 bits per heavy atom. The van der Waals surface area contributed by atoms with Gasteiger partial charge in [0.15, 0.2) is 0 Å². The molecule has 0 heterocycles. The Morgan fingerprint density at radius 1 is 0.381 bits per heavy atom. The van der Waals surface area contributed by atoms with Gasteiger partial charge in [0.1, 0.15) is 0 Å². The minimum Gasteiger partial charge on any atom is -0.379 e. The summed E-state index contributed by atoms with van der Waals surface area (Å²) in [5.74, 6) is 0. The lowest BCUT2D eigenvalue weighted by atomic mass is 9.91. The highest BCUT2D eigenvalue weighted by Gasteiger charge is 2.10. The first kappa shape index (κ1) is 43.8.